The third kappa shape index (κ3) is 2.28. The normalized spacial score (nSPS) is 17.4. The highest BCUT2D eigenvalue weighted by Gasteiger charge is 2.20. The van der Waals surface area contributed by atoms with Crippen LogP contribution in [0.4, 0.5) is 0 Å². The molecule has 4 rings (SSSR count). The molecule has 0 radical (unpaired) electrons. The van der Waals surface area contributed by atoms with Gasteiger partial charge in [0.25, 0.3) is 0 Å². The minimum absolute atomic E-state index is 0.337. The molecule has 4 nitrogen and oxygen atoms in total. The van der Waals surface area contributed by atoms with Gasteiger partial charge in [-0.2, -0.15) is 0 Å². The van der Waals surface area contributed by atoms with Crippen LogP contribution in [0.5, 0.6) is 5.75 Å². The summed E-state index contributed by atoms with van der Waals surface area (Å²) in [6.07, 6.45) is 4.98. The average molecular weight is 279 g/mol. The van der Waals surface area contributed by atoms with E-state index in [2.05, 4.69) is 33.0 Å². The van der Waals surface area contributed by atoms with Gasteiger partial charge < -0.3 is 14.5 Å². The lowest BCUT2D eigenvalue weighted by Gasteiger charge is -2.26. The fourth-order valence-electron chi connectivity index (χ4n) is 2.90. The first kappa shape index (κ1) is 12.4. The number of ether oxygens (including phenoxy) is 1. The lowest BCUT2D eigenvalue weighted by atomic mass is 10.0. The molecule has 4 heteroatoms. The van der Waals surface area contributed by atoms with Gasteiger partial charge in [0.1, 0.15) is 11.4 Å². The van der Waals surface area contributed by atoms with Gasteiger partial charge in [-0.05, 0) is 18.2 Å². The van der Waals surface area contributed by atoms with Crippen molar-refractivity contribution in [3.05, 3.63) is 66.1 Å². The van der Waals surface area contributed by atoms with Gasteiger partial charge in [-0.3, -0.25) is 0 Å². The average Bonchev–Trinajstić information content (AvgIpc) is 2.96. The third-order valence-corrected chi connectivity index (χ3v) is 3.98. The van der Waals surface area contributed by atoms with Crippen LogP contribution in [0.1, 0.15) is 23.7 Å². The maximum absolute atomic E-state index is 5.70. The largest absolute Gasteiger partial charge is 0.493 e. The van der Waals surface area contributed by atoms with Crippen LogP contribution in [-0.2, 0) is 6.54 Å². The molecule has 0 fully saturated rings. The fourth-order valence-corrected chi connectivity index (χ4v) is 2.90. The molecule has 0 saturated heterocycles. The van der Waals surface area contributed by atoms with Crippen LogP contribution in [0.15, 0.2) is 54.9 Å². The number of benzene rings is 1. The predicted molar refractivity (Wildman–Crippen MR) is 81.3 cm³/mol. The number of hydrogen-bond acceptors (Lipinski definition) is 3. The quantitative estimate of drug-likeness (QED) is 0.801. The lowest BCUT2D eigenvalue weighted by molar-refractivity contribution is 0.252. The summed E-state index contributed by atoms with van der Waals surface area (Å²) in [6, 6.07) is 14.7. The number of nitrogens with zero attached hydrogens (tertiary/aromatic N) is 2. The van der Waals surface area contributed by atoms with E-state index in [1.54, 1.807) is 0 Å². The van der Waals surface area contributed by atoms with Crippen LogP contribution in [0.25, 0.3) is 5.65 Å². The van der Waals surface area contributed by atoms with Crippen molar-refractivity contribution in [2.75, 3.05) is 6.61 Å². The van der Waals surface area contributed by atoms with Crippen molar-refractivity contribution < 1.29 is 4.74 Å². The van der Waals surface area contributed by atoms with Crippen molar-refractivity contribution in [3.8, 4) is 5.75 Å². The summed E-state index contributed by atoms with van der Waals surface area (Å²) in [5.41, 5.74) is 3.41. The molecule has 3 aromatic rings. The summed E-state index contributed by atoms with van der Waals surface area (Å²) >= 11 is 0. The molecule has 0 aliphatic carbocycles. The Bertz CT molecular complexity index is 765. The van der Waals surface area contributed by atoms with E-state index in [4.69, 9.17) is 4.74 Å². The van der Waals surface area contributed by atoms with E-state index in [0.717, 1.165) is 31.0 Å². The van der Waals surface area contributed by atoms with Crippen LogP contribution in [0.3, 0.4) is 0 Å². The minimum Gasteiger partial charge on any atom is -0.493 e. The van der Waals surface area contributed by atoms with Gasteiger partial charge in [0.2, 0.25) is 0 Å². The molecule has 3 heterocycles. The highest BCUT2D eigenvalue weighted by Crippen LogP contribution is 2.31. The lowest BCUT2D eigenvalue weighted by Crippen LogP contribution is -2.27. The Labute approximate surface area is 123 Å². The molecule has 1 aliphatic rings. The van der Waals surface area contributed by atoms with E-state index in [9.17, 15) is 0 Å². The maximum Gasteiger partial charge on any atom is 0.136 e. The van der Waals surface area contributed by atoms with Gasteiger partial charge in [0.15, 0.2) is 0 Å². The van der Waals surface area contributed by atoms with E-state index in [-0.39, 0.29) is 0 Å². The molecule has 21 heavy (non-hydrogen) atoms. The highest BCUT2D eigenvalue weighted by atomic mass is 16.5. The molecule has 1 aromatic carbocycles. The first-order valence-corrected chi connectivity index (χ1v) is 7.28. The van der Waals surface area contributed by atoms with E-state index < -0.39 is 0 Å². The second kappa shape index (κ2) is 5.22. The molecule has 106 valence electrons. The van der Waals surface area contributed by atoms with E-state index >= 15 is 0 Å². The fraction of sp³-hybridized carbons (Fsp3) is 0.235. The Morgan fingerprint density at radius 1 is 1.19 bits per heavy atom. The molecule has 1 atom stereocenters. The monoisotopic (exact) mass is 279 g/mol. The SMILES string of the molecule is c1ccc2c(c1)OCCC2NCc1cnc2ccccn12. The zero-order chi connectivity index (χ0) is 14.1. The number of fused-ring (bicyclic) bond motifs is 2. The molecular weight excluding hydrogens is 262 g/mol. The third-order valence-electron chi connectivity index (χ3n) is 3.98. The van der Waals surface area contributed by atoms with E-state index in [1.165, 1.54) is 11.3 Å². The molecule has 1 N–H and O–H groups in total. The molecule has 0 bridgehead atoms. The number of rotatable bonds is 3. The summed E-state index contributed by atoms with van der Waals surface area (Å²) in [6.45, 7) is 1.56. The van der Waals surface area contributed by atoms with Crippen molar-refractivity contribution in [2.24, 2.45) is 0 Å². The smallest absolute Gasteiger partial charge is 0.136 e. The van der Waals surface area contributed by atoms with Gasteiger partial charge in [0.05, 0.1) is 18.5 Å². The second-order valence-electron chi connectivity index (χ2n) is 5.29. The summed E-state index contributed by atoms with van der Waals surface area (Å²) in [4.78, 5) is 4.42. The van der Waals surface area contributed by atoms with Crippen molar-refractivity contribution in [2.45, 2.75) is 19.0 Å². The number of pyridine rings is 1. The number of hydrogen-bond donors (Lipinski definition) is 1. The Balaban J connectivity index is 1.55. The topological polar surface area (TPSA) is 38.6 Å². The van der Waals surface area contributed by atoms with Gasteiger partial charge in [-0.1, -0.05) is 24.3 Å². The Morgan fingerprint density at radius 3 is 3.10 bits per heavy atom. The van der Waals surface area contributed by atoms with E-state index in [1.807, 2.05) is 36.5 Å². The summed E-state index contributed by atoms with van der Waals surface area (Å²) in [5.74, 6) is 0.999. The van der Waals surface area contributed by atoms with Crippen molar-refractivity contribution in [1.29, 1.82) is 0 Å². The molecule has 0 amide bonds. The van der Waals surface area contributed by atoms with Crippen LogP contribution in [0, 0.1) is 0 Å². The summed E-state index contributed by atoms with van der Waals surface area (Å²) < 4.78 is 7.83. The summed E-state index contributed by atoms with van der Waals surface area (Å²) in [7, 11) is 0. The molecule has 0 spiro atoms. The van der Waals surface area contributed by atoms with Crippen LogP contribution >= 0.6 is 0 Å². The molecule has 1 aliphatic heterocycles. The molecule has 2 aromatic heterocycles. The van der Waals surface area contributed by atoms with Gasteiger partial charge in [-0.15, -0.1) is 0 Å². The minimum atomic E-state index is 0.337. The Morgan fingerprint density at radius 2 is 2.10 bits per heavy atom. The second-order valence-corrected chi connectivity index (χ2v) is 5.29. The number of aromatic nitrogens is 2. The van der Waals surface area contributed by atoms with Crippen molar-refractivity contribution >= 4 is 5.65 Å². The van der Waals surface area contributed by atoms with E-state index in [0.29, 0.717) is 6.04 Å². The van der Waals surface area contributed by atoms with Gasteiger partial charge in [-0.25, -0.2) is 4.98 Å². The van der Waals surface area contributed by atoms with Crippen molar-refractivity contribution in [1.82, 2.24) is 14.7 Å². The Kier molecular flexibility index (Phi) is 3.09. The maximum atomic E-state index is 5.70. The van der Waals surface area contributed by atoms with Crippen LogP contribution in [0.2, 0.25) is 0 Å². The Hall–Kier alpha value is -2.33. The molecule has 1 unspecified atom stereocenters. The number of para-hydroxylation sites is 1. The zero-order valence-corrected chi connectivity index (χ0v) is 11.7. The highest BCUT2D eigenvalue weighted by molar-refractivity contribution is 5.40. The van der Waals surface area contributed by atoms with Gasteiger partial charge in [0, 0.05) is 30.8 Å². The van der Waals surface area contributed by atoms with Crippen LogP contribution < -0.4 is 10.1 Å². The standard InChI is InChI=1S/C17H17N3O/c1-2-6-16-14(5-1)15(8-10-21-16)18-11-13-12-19-17-7-3-4-9-20(13)17/h1-7,9,12,15,18H,8,10-11H2. The van der Waals surface area contributed by atoms with Gasteiger partial charge >= 0.3 is 0 Å². The number of imidazole rings is 1. The first-order chi connectivity index (χ1) is 10.4. The van der Waals surface area contributed by atoms with Crippen molar-refractivity contribution in [3.63, 3.8) is 0 Å². The first-order valence-electron chi connectivity index (χ1n) is 7.28. The number of nitrogens with one attached hydrogen (secondary N) is 1. The molecular formula is C17H17N3O. The predicted octanol–water partition coefficient (Wildman–Crippen LogP) is 2.95. The van der Waals surface area contributed by atoms with Crippen LogP contribution in [-0.4, -0.2) is 16.0 Å². The summed E-state index contributed by atoms with van der Waals surface area (Å²) in [5, 5.41) is 3.63. The zero-order valence-electron chi connectivity index (χ0n) is 11.7. The molecule has 0 saturated carbocycles.